The largest absolute Gasteiger partial charge is 0.453 e. The lowest BCUT2D eigenvalue weighted by Gasteiger charge is -2.27. The number of nitrogens with zero attached hydrogens (tertiary/aromatic N) is 4. The van der Waals surface area contributed by atoms with E-state index in [0.717, 1.165) is 62.9 Å². The third-order valence-corrected chi connectivity index (χ3v) is 10.1. The lowest BCUT2D eigenvalue weighted by molar-refractivity contribution is -0.152. The van der Waals surface area contributed by atoms with Crippen LogP contribution in [-0.4, -0.2) is 99.2 Å². The Hall–Kier alpha value is -5.47. The number of carbonyl (C=O) groups excluding carboxylic acids is 3. The Labute approximate surface area is 306 Å². The summed E-state index contributed by atoms with van der Waals surface area (Å²) in [6.45, 7) is 7.20. The molecule has 3 aromatic carbocycles. The molecular weight excluding hydrogens is 678 g/mol. The minimum Gasteiger partial charge on any atom is -0.453 e. The third kappa shape index (κ3) is 6.79. The molecule has 0 radical (unpaired) electrons. The van der Waals surface area contributed by atoms with Gasteiger partial charge in [0.25, 0.3) is 0 Å². The number of nitrogens with one attached hydrogen (secondary N) is 3. The SMILES string of the molecule is COC(=O)NCC(=O)N1CC2(C[C@H]1c1ncc(-c3ccc(-c4ccc5c(ccc6nc([C@@H]7CCCN7C(=O)OC(C)(C)C)[nH]c65)c4)cc3)[nH]1)OCCO2. The number of hydrogen-bond donors (Lipinski definition) is 3. The summed E-state index contributed by atoms with van der Waals surface area (Å²) in [5.41, 5.74) is 5.13. The topological polar surface area (TPSA) is 164 Å². The first kappa shape index (κ1) is 34.6. The Morgan fingerprint density at radius 2 is 1.70 bits per heavy atom. The monoisotopic (exact) mass is 721 g/mol. The lowest BCUT2D eigenvalue weighted by Crippen LogP contribution is -2.42. The highest BCUT2D eigenvalue weighted by molar-refractivity contribution is 6.05. The average molecular weight is 722 g/mol. The molecule has 53 heavy (non-hydrogen) atoms. The number of aromatic nitrogens is 4. The number of aromatic amines is 2. The minimum absolute atomic E-state index is 0.155. The van der Waals surface area contributed by atoms with Crippen LogP contribution in [-0.2, 0) is 23.7 Å². The fraction of sp³-hybridized carbons (Fsp3) is 0.410. The summed E-state index contributed by atoms with van der Waals surface area (Å²) in [5, 5.41) is 4.60. The minimum atomic E-state index is -0.898. The van der Waals surface area contributed by atoms with Crippen LogP contribution in [0.25, 0.3) is 44.2 Å². The molecule has 3 aliphatic rings. The van der Waals surface area contributed by atoms with Gasteiger partial charge in [0, 0.05) is 18.4 Å². The standard InChI is InChI=1S/C39H43N7O7/c1-38(2,3)53-37(49)45-15-5-6-30(45)35-42-28-14-12-26-18-25(11-13-27(26)33(28)44-35)23-7-9-24(10-8-23)29-20-40-34(43-29)31-19-39(51-16-17-52-39)22-46(31)32(47)21-41-36(48)50-4/h7-14,18,20,30-31H,5-6,15-17,19,21-22H2,1-4H3,(H,40,43)(H,41,48)(H,42,44)/t30-,31-/m0/s1. The van der Waals surface area contributed by atoms with Crippen LogP contribution in [0.4, 0.5) is 9.59 Å². The van der Waals surface area contributed by atoms with E-state index in [1.807, 2.05) is 39.0 Å². The number of carbonyl (C=O) groups is 3. The predicted octanol–water partition coefficient (Wildman–Crippen LogP) is 6.22. The third-order valence-electron chi connectivity index (χ3n) is 10.1. The number of methoxy groups -OCH3 is 1. The zero-order valence-electron chi connectivity index (χ0n) is 30.2. The number of hydrogen-bond acceptors (Lipinski definition) is 9. The van der Waals surface area contributed by atoms with Crippen LogP contribution in [0.3, 0.4) is 0 Å². The Morgan fingerprint density at radius 3 is 2.45 bits per heavy atom. The van der Waals surface area contributed by atoms with Crippen LogP contribution in [0.5, 0.6) is 0 Å². The van der Waals surface area contributed by atoms with Crippen molar-refractivity contribution in [2.24, 2.45) is 0 Å². The molecule has 0 bridgehead atoms. The summed E-state index contributed by atoms with van der Waals surface area (Å²) < 4.78 is 22.2. The maximum atomic E-state index is 13.2. The van der Waals surface area contributed by atoms with E-state index >= 15 is 0 Å². The van der Waals surface area contributed by atoms with Crippen LogP contribution in [0, 0.1) is 0 Å². The normalized spacial score (nSPS) is 19.8. The van der Waals surface area contributed by atoms with Gasteiger partial charge in [0.15, 0.2) is 5.79 Å². The number of benzene rings is 3. The Balaban J connectivity index is 0.998. The van der Waals surface area contributed by atoms with Crippen molar-refractivity contribution in [2.75, 3.05) is 40.0 Å². The van der Waals surface area contributed by atoms with E-state index in [1.54, 1.807) is 16.0 Å². The van der Waals surface area contributed by atoms with E-state index in [-0.39, 0.29) is 31.1 Å². The number of rotatable bonds is 6. The van der Waals surface area contributed by atoms with Crippen molar-refractivity contribution in [3.05, 3.63) is 72.4 Å². The summed E-state index contributed by atoms with van der Waals surface area (Å²) in [6, 6.07) is 18.2. The van der Waals surface area contributed by atoms with Crippen LogP contribution in [0.1, 0.15) is 63.8 Å². The van der Waals surface area contributed by atoms with Crippen molar-refractivity contribution in [3.63, 3.8) is 0 Å². The van der Waals surface area contributed by atoms with Crippen molar-refractivity contribution >= 4 is 39.9 Å². The van der Waals surface area contributed by atoms with Gasteiger partial charge in [0.1, 0.15) is 23.8 Å². The molecule has 1 spiro atoms. The Morgan fingerprint density at radius 1 is 0.943 bits per heavy atom. The van der Waals surface area contributed by atoms with E-state index in [4.69, 9.17) is 19.2 Å². The summed E-state index contributed by atoms with van der Waals surface area (Å²) in [5.74, 6) is 0.200. The van der Waals surface area contributed by atoms with Gasteiger partial charge in [-0.2, -0.15) is 0 Å². The molecule has 3 amide bonds. The fourth-order valence-electron chi connectivity index (χ4n) is 7.62. The number of fused-ring (bicyclic) bond motifs is 3. The smallest absolute Gasteiger partial charge is 0.410 e. The quantitative estimate of drug-likeness (QED) is 0.185. The molecule has 8 rings (SSSR count). The number of alkyl carbamates (subject to hydrolysis) is 1. The zero-order valence-corrected chi connectivity index (χ0v) is 30.2. The van der Waals surface area contributed by atoms with Gasteiger partial charge in [-0.3, -0.25) is 9.69 Å². The molecular formula is C39H43N7O7. The summed E-state index contributed by atoms with van der Waals surface area (Å²) in [7, 11) is 1.25. The number of amides is 3. The molecule has 3 saturated heterocycles. The van der Waals surface area contributed by atoms with Crippen molar-refractivity contribution in [2.45, 2.75) is 63.5 Å². The van der Waals surface area contributed by atoms with Crippen molar-refractivity contribution in [1.29, 1.82) is 0 Å². The number of imidazole rings is 2. The van der Waals surface area contributed by atoms with Crippen molar-refractivity contribution in [1.82, 2.24) is 35.1 Å². The number of H-pyrrole nitrogens is 2. The molecule has 0 aliphatic carbocycles. The molecule has 5 heterocycles. The summed E-state index contributed by atoms with van der Waals surface area (Å²) in [4.78, 5) is 57.7. The molecule has 0 saturated carbocycles. The molecule has 14 nitrogen and oxygen atoms in total. The second kappa shape index (κ2) is 13.5. The molecule has 0 unspecified atom stereocenters. The van der Waals surface area contributed by atoms with E-state index in [9.17, 15) is 14.4 Å². The first-order chi connectivity index (χ1) is 25.5. The highest BCUT2D eigenvalue weighted by Crippen LogP contribution is 2.42. The second-order valence-electron chi connectivity index (χ2n) is 14.8. The van der Waals surface area contributed by atoms with E-state index in [0.29, 0.717) is 32.0 Å². The molecule has 276 valence electrons. The molecule has 14 heteroatoms. The van der Waals surface area contributed by atoms with Gasteiger partial charge in [-0.05, 0) is 67.8 Å². The van der Waals surface area contributed by atoms with Crippen molar-refractivity contribution < 1.29 is 33.3 Å². The maximum absolute atomic E-state index is 13.2. The predicted molar refractivity (Wildman–Crippen MR) is 196 cm³/mol. The Kier molecular flexibility index (Phi) is 8.81. The van der Waals surface area contributed by atoms with Gasteiger partial charge in [0.2, 0.25) is 5.91 Å². The highest BCUT2D eigenvalue weighted by atomic mass is 16.7. The van der Waals surface area contributed by atoms with E-state index in [1.165, 1.54) is 7.11 Å². The van der Waals surface area contributed by atoms with E-state index in [2.05, 4.69) is 61.4 Å². The number of likely N-dealkylation sites (tertiary alicyclic amines) is 2. The zero-order chi connectivity index (χ0) is 36.9. The number of ether oxygens (including phenoxy) is 4. The maximum Gasteiger partial charge on any atom is 0.410 e. The molecule has 3 fully saturated rings. The van der Waals surface area contributed by atoms with Gasteiger partial charge < -0.3 is 39.1 Å². The van der Waals surface area contributed by atoms with Gasteiger partial charge in [0.05, 0.1) is 61.9 Å². The Bertz CT molecular complexity index is 2180. The molecule has 5 aromatic rings. The van der Waals surface area contributed by atoms with Crippen molar-refractivity contribution in [3.8, 4) is 22.4 Å². The first-order valence-electron chi connectivity index (χ1n) is 18.0. The van der Waals surface area contributed by atoms with Crippen LogP contribution < -0.4 is 5.32 Å². The second-order valence-corrected chi connectivity index (χ2v) is 14.8. The molecule has 3 N–H and O–H groups in total. The fourth-order valence-corrected chi connectivity index (χ4v) is 7.62. The lowest BCUT2D eigenvalue weighted by atomic mass is 9.99. The van der Waals surface area contributed by atoms with Gasteiger partial charge >= 0.3 is 12.2 Å². The van der Waals surface area contributed by atoms with Crippen LogP contribution in [0.15, 0.2) is 60.8 Å². The molecule has 2 atom stereocenters. The van der Waals surface area contributed by atoms with Gasteiger partial charge in [-0.25, -0.2) is 19.6 Å². The highest BCUT2D eigenvalue weighted by Gasteiger charge is 2.51. The summed E-state index contributed by atoms with van der Waals surface area (Å²) >= 11 is 0. The van der Waals surface area contributed by atoms with Crippen LogP contribution >= 0.6 is 0 Å². The average Bonchev–Trinajstić information content (AvgIpc) is 4.00. The molecule has 2 aromatic heterocycles. The van der Waals surface area contributed by atoms with Gasteiger partial charge in [-0.15, -0.1) is 0 Å². The summed E-state index contributed by atoms with van der Waals surface area (Å²) in [6.07, 6.45) is 2.92. The van der Waals surface area contributed by atoms with Crippen LogP contribution in [0.2, 0.25) is 0 Å². The van der Waals surface area contributed by atoms with Gasteiger partial charge in [-0.1, -0.05) is 42.5 Å². The van der Waals surface area contributed by atoms with E-state index < -0.39 is 23.5 Å². The molecule has 3 aliphatic heterocycles. The first-order valence-corrected chi connectivity index (χ1v) is 18.0.